The summed E-state index contributed by atoms with van der Waals surface area (Å²) in [7, 11) is -1.66. The normalized spacial score (nSPS) is 17.5. The molecule has 1 heterocycles. The van der Waals surface area contributed by atoms with E-state index in [1.807, 2.05) is 60.7 Å². The predicted molar refractivity (Wildman–Crippen MR) is 82.9 cm³/mol. The van der Waals surface area contributed by atoms with E-state index in [1.165, 1.54) is 0 Å². The van der Waals surface area contributed by atoms with Gasteiger partial charge in [0.1, 0.15) is 11.6 Å². The number of nitrogens with one attached hydrogen (secondary N) is 1. The lowest BCUT2D eigenvalue weighted by Gasteiger charge is -2.21. The summed E-state index contributed by atoms with van der Waals surface area (Å²) in [5, 5.41) is 21.7. The minimum Gasteiger partial charge on any atom is -0.421 e. The first-order valence-corrected chi connectivity index (χ1v) is 6.63. The van der Waals surface area contributed by atoms with Crippen molar-refractivity contribution in [2.24, 2.45) is 9.98 Å². The molecule has 0 saturated carbocycles. The molecule has 0 aliphatic carbocycles. The van der Waals surface area contributed by atoms with Gasteiger partial charge in [-0.2, -0.15) is 0 Å². The maximum Gasteiger partial charge on any atom is 0.525 e. The molecule has 0 radical (unpaired) electrons. The standard InChI is InChI=1S/C15H14BN3O2/c20-16(21)15-18-13(11-7-3-1-4-8-11)17-14(19-15)12-9-5-2-6-10-12/h1-10,13,20-21H,(H,17,18,19). The van der Waals surface area contributed by atoms with E-state index in [0.717, 1.165) is 11.1 Å². The van der Waals surface area contributed by atoms with Gasteiger partial charge in [0.15, 0.2) is 6.17 Å². The van der Waals surface area contributed by atoms with Gasteiger partial charge in [-0.05, 0) is 5.56 Å². The molecule has 0 fully saturated rings. The van der Waals surface area contributed by atoms with Crippen molar-refractivity contribution in [2.45, 2.75) is 6.17 Å². The summed E-state index contributed by atoms with van der Waals surface area (Å²) in [5.41, 5.74) is 1.86. The highest BCUT2D eigenvalue weighted by Gasteiger charge is 2.26. The average Bonchev–Trinajstić information content (AvgIpc) is 2.56. The molecule has 0 spiro atoms. The van der Waals surface area contributed by atoms with Gasteiger partial charge in [-0.1, -0.05) is 60.7 Å². The molecule has 104 valence electrons. The summed E-state index contributed by atoms with van der Waals surface area (Å²) in [6.07, 6.45) is -0.487. The van der Waals surface area contributed by atoms with Crippen LogP contribution in [0.15, 0.2) is 70.6 Å². The Morgan fingerprint density at radius 1 is 0.857 bits per heavy atom. The molecule has 3 N–H and O–H groups in total. The van der Waals surface area contributed by atoms with Gasteiger partial charge in [-0.25, -0.2) is 9.98 Å². The van der Waals surface area contributed by atoms with E-state index < -0.39 is 13.3 Å². The van der Waals surface area contributed by atoms with Crippen LogP contribution in [0.5, 0.6) is 0 Å². The second-order valence-electron chi connectivity index (χ2n) is 4.64. The van der Waals surface area contributed by atoms with Crippen LogP contribution in [0, 0.1) is 0 Å². The molecule has 1 aliphatic heterocycles. The lowest BCUT2D eigenvalue weighted by atomic mass is 9.88. The fourth-order valence-electron chi connectivity index (χ4n) is 2.12. The second-order valence-corrected chi connectivity index (χ2v) is 4.64. The van der Waals surface area contributed by atoms with Crippen molar-refractivity contribution in [3.8, 4) is 0 Å². The topological polar surface area (TPSA) is 77.2 Å². The molecule has 21 heavy (non-hydrogen) atoms. The van der Waals surface area contributed by atoms with Crippen molar-refractivity contribution >= 4 is 18.7 Å². The molecular weight excluding hydrogens is 265 g/mol. The van der Waals surface area contributed by atoms with Crippen molar-refractivity contribution < 1.29 is 10.0 Å². The highest BCUT2D eigenvalue weighted by Crippen LogP contribution is 2.22. The zero-order valence-electron chi connectivity index (χ0n) is 11.2. The largest absolute Gasteiger partial charge is 0.525 e. The summed E-state index contributed by atoms with van der Waals surface area (Å²) >= 11 is 0. The summed E-state index contributed by atoms with van der Waals surface area (Å²) < 4.78 is 0. The zero-order chi connectivity index (χ0) is 14.7. The molecule has 1 atom stereocenters. The molecule has 0 amide bonds. The molecule has 2 aromatic carbocycles. The molecule has 1 unspecified atom stereocenters. The van der Waals surface area contributed by atoms with Gasteiger partial charge in [0, 0.05) is 5.56 Å². The van der Waals surface area contributed by atoms with Gasteiger partial charge in [0.25, 0.3) is 0 Å². The molecule has 0 saturated heterocycles. The number of rotatable bonds is 3. The Bertz CT molecular complexity index is 672. The van der Waals surface area contributed by atoms with Gasteiger partial charge in [-0.15, -0.1) is 0 Å². The molecule has 6 heteroatoms. The Labute approximate surface area is 122 Å². The van der Waals surface area contributed by atoms with Gasteiger partial charge in [0.2, 0.25) is 0 Å². The van der Waals surface area contributed by atoms with Crippen LogP contribution in [-0.2, 0) is 0 Å². The first kappa shape index (κ1) is 13.5. The first-order valence-electron chi connectivity index (χ1n) is 6.63. The van der Waals surface area contributed by atoms with E-state index in [1.54, 1.807) is 0 Å². The van der Waals surface area contributed by atoms with Crippen molar-refractivity contribution in [1.82, 2.24) is 5.32 Å². The molecule has 1 aliphatic rings. The van der Waals surface area contributed by atoms with Crippen LogP contribution >= 0.6 is 0 Å². The van der Waals surface area contributed by atoms with Gasteiger partial charge >= 0.3 is 7.12 Å². The van der Waals surface area contributed by atoms with Crippen LogP contribution in [-0.4, -0.2) is 28.7 Å². The molecule has 0 bridgehead atoms. The quantitative estimate of drug-likeness (QED) is 0.737. The molecule has 5 nitrogen and oxygen atoms in total. The van der Waals surface area contributed by atoms with Crippen LogP contribution in [0.25, 0.3) is 0 Å². The number of amidine groups is 2. The minimum absolute atomic E-state index is 0.0951. The second kappa shape index (κ2) is 5.91. The Morgan fingerprint density at radius 3 is 2.10 bits per heavy atom. The summed E-state index contributed by atoms with van der Waals surface area (Å²) in [6.45, 7) is 0. The van der Waals surface area contributed by atoms with Crippen LogP contribution in [0.4, 0.5) is 0 Å². The lowest BCUT2D eigenvalue weighted by Crippen LogP contribution is -2.45. The van der Waals surface area contributed by atoms with Gasteiger partial charge in [0.05, 0.1) is 0 Å². The first-order chi connectivity index (χ1) is 10.2. The third kappa shape index (κ3) is 3.02. The third-order valence-corrected chi connectivity index (χ3v) is 3.15. The van der Waals surface area contributed by atoms with E-state index in [0.29, 0.717) is 5.84 Å². The number of hydrogen-bond acceptors (Lipinski definition) is 5. The van der Waals surface area contributed by atoms with Crippen LogP contribution in [0.1, 0.15) is 17.3 Å². The fraction of sp³-hybridized carbons (Fsp3) is 0.0667. The third-order valence-electron chi connectivity index (χ3n) is 3.15. The monoisotopic (exact) mass is 279 g/mol. The minimum atomic E-state index is -1.66. The summed E-state index contributed by atoms with van der Waals surface area (Å²) in [5.74, 6) is 0.572. The number of hydrogen-bond donors (Lipinski definition) is 3. The van der Waals surface area contributed by atoms with Crippen LogP contribution in [0.2, 0.25) is 0 Å². The Balaban J connectivity index is 2.00. The van der Waals surface area contributed by atoms with E-state index >= 15 is 0 Å². The summed E-state index contributed by atoms with van der Waals surface area (Å²) in [4.78, 5) is 8.80. The van der Waals surface area contributed by atoms with Crippen molar-refractivity contribution in [2.75, 3.05) is 0 Å². The Morgan fingerprint density at radius 2 is 1.48 bits per heavy atom. The Kier molecular flexibility index (Phi) is 3.81. The lowest BCUT2D eigenvalue weighted by molar-refractivity contribution is 0.428. The van der Waals surface area contributed by atoms with Gasteiger partial charge in [-0.3, -0.25) is 0 Å². The van der Waals surface area contributed by atoms with Crippen molar-refractivity contribution in [1.29, 1.82) is 0 Å². The number of benzene rings is 2. The Hall–Kier alpha value is -2.44. The highest BCUT2D eigenvalue weighted by atomic mass is 16.4. The SMILES string of the molecule is OB(O)C1=NC(c2ccccc2)N=C(c2ccccc2)N1. The highest BCUT2D eigenvalue weighted by molar-refractivity contribution is 6.80. The van der Waals surface area contributed by atoms with Crippen LogP contribution in [0.3, 0.4) is 0 Å². The van der Waals surface area contributed by atoms with E-state index in [4.69, 9.17) is 0 Å². The number of nitrogens with zero attached hydrogens (tertiary/aromatic N) is 2. The maximum atomic E-state index is 9.41. The van der Waals surface area contributed by atoms with Gasteiger partial charge < -0.3 is 15.4 Å². The summed E-state index contributed by atoms with van der Waals surface area (Å²) in [6, 6.07) is 19.1. The maximum absolute atomic E-state index is 9.41. The van der Waals surface area contributed by atoms with E-state index in [9.17, 15) is 10.0 Å². The molecule has 3 rings (SSSR count). The van der Waals surface area contributed by atoms with Crippen molar-refractivity contribution in [3.05, 3.63) is 71.8 Å². The molecule has 2 aromatic rings. The molecule has 0 aromatic heterocycles. The number of aliphatic imine (C=N–C) groups is 2. The van der Waals surface area contributed by atoms with Crippen LogP contribution < -0.4 is 5.32 Å². The average molecular weight is 279 g/mol. The smallest absolute Gasteiger partial charge is 0.421 e. The van der Waals surface area contributed by atoms with E-state index in [-0.39, 0.29) is 5.73 Å². The predicted octanol–water partition coefficient (Wildman–Crippen LogP) is 1.15. The fourth-order valence-corrected chi connectivity index (χ4v) is 2.12. The van der Waals surface area contributed by atoms with E-state index in [2.05, 4.69) is 15.3 Å². The van der Waals surface area contributed by atoms with Crippen molar-refractivity contribution in [3.63, 3.8) is 0 Å². The molecular formula is C15H14BN3O2. The zero-order valence-corrected chi connectivity index (χ0v) is 11.2.